The van der Waals surface area contributed by atoms with Crippen molar-refractivity contribution in [1.82, 2.24) is 0 Å². The molecule has 0 bridgehead atoms. The van der Waals surface area contributed by atoms with Crippen molar-refractivity contribution in [3.05, 3.63) is 166 Å². The summed E-state index contributed by atoms with van der Waals surface area (Å²) in [5, 5.41) is 0. The largest absolute Gasteiger partial charge is 0.219 e. The smallest absolute Gasteiger partial charge is 0.206 e. The van der Waals surface area contributed by atoms with E-state index >= 15 is 0 Å². The second kappa shape index (κ2) is 14.6. The first kappa shape index (κ1) is 36.5. The third-order valence-corrected chi connectivity index (χ3v) is 11.9. The molecule has 256 valence electrons. The number of hydrogen-bond donors (Lipinski definition) is 0. The van der Waals surface area contributed by atoms with Gasteiger partial charge in [0.1, 0.15) is 0 Å². The summed E-state index contributed by atoms with van der Waals surface area (Å²) in [5.74, 6) is 0. The van der Waals surface area contributed by atoms with Crippen LogP contribution in [0, 0.1) is 55.4 Å². The van der Waals surface area contributed by atoms with Crippen molar-refractivity contribution < 1.29 is 16.8 Å². The molecule has 50 heavy (non-hydrogen) atoms. The molecule has 4 nitrogen and oxygen atoms in total. The van der Waals surface area contributed by atoms with Crippen LogP contribution in [0.15, 0.2) is 141 Å². The lowest BCUT2D eigenvalue weighted by Crippen LogP contribution is -2.03. The molecule has 0 unspecified atom stereocenters. The molecule has 0 spiro atoms. The summed E-state index contributed by atoms with van der Waals surface area (Å²) >= 11 is 0. The lowest BCUT2D eigenvalue weighted by molar-refractivity contribution is 0.594. The van der Waals surface area contributed by atoms with E-state index in [0.29, 0.717) is 19.6 Å². The quantitative estimate of drug-likeness (QED) is 0.173. The van der Waals surface area contributed by atoms with Crippen LogP contribution in [0.25, 0.3) is 22.3 Å². The van der Waals surface area contributed by atoms with Crippen molar-refractivity contribution in [2.24, 2.45) is 0 Å². The maximum Gasteiger partial charge on any atom is 0.206 e. The molecule has 0 saturated carbocycles. The number of sulfone groups is 2. The van der Waals surface area contributed by atoms with Gasteiger partial charge in [0, 0.05) is 0 Å². The number of hydrogen-bond acceptors (Lipinski definition) is 4. The topological polar surface area (TPSA) is 68.3 Å². The lowest BCUT2D eigenvalue weighted by atomic mass is 10.0. The maximum absolute atomic E-state index is 13.1. The van der Waals surface area contributed by atoms with E-state index in [0.717, 1.165) is 44.5 Å². The summed E-state index contributed by atoms with van der Waals surface area (Å²) in [7, 11) is -7.00. The van der Waals surface area contributed by atoms with Gasteiger partial charge in [0.25, 0.3) is 0 Å². The number of aryl methyl sites for hydroxylation is 8. The average molecular weight is 701 g/mol. The van der Waals surface area contributed by atoms with Gasteiger partial charge in [-0.25, -0.2) is 16.8 Å². The molecule has 6 heteroatoms. The second-order valence-corrected chi connectivity index (χ2v) is 17.4. The summed E-state index contributed by atoms with van der Waals surface area (Å²) in [6.07, 6.45) is 0. The van der Waals surface area contributed by atoms with Gasteiger partial charge in [-0.1, -0.05) is 95.1 Å². The van der Waals surface area contributed by atoms with E-state index in [1.54, 1.807) is 48.5 Å². The SMILES string of the molecule is Cc1cc(C)cc(-c2ccc(S(=O)(=O)c3ccc(-c4cc(C)cc(C)c4)cc3)cc2)c1.Cc1cc(C)cc(S(=O)(=O)c2cc(C)cc(C)c2)c1. The Labute approximate surface area is 298 Å². The molecule has 0 radical (unpaired) electrons. The van der Waals surface area contributed by atoms with Gasteiger partial charge in [-0.2, -0.15) is 0 Å². The Morgan fingerprint density at radius 2 is 0.480 bits per heavy atom. The summed E-state index contributed by atoms with van der Waals surface area (Å²) in [6, 6.07) is 37.8. The first-order valence-electron chi connectivity index (χ1n) is 16.6. The highest BCUT2D eigenvalue weighted by Gasteiger charge is 2.20. The van der Waals surface area contributed by atoms with Crippen LogP contribution in [0.2, 0.25) is 0 Å². The van der Waals surface area contributed by atoms with Crippen LogP contribution in [0.4, 0.5) is 0 Å². The zero-order valence-corrected chi connectivity index (χ0v) is 31.6. The van der Waals surface area contributed by atoms with Crippen molar-refractivity contribution in [2.75, 3.05) is 0 Å². The highest BCUT2D eigenvalue weighted by atomic mass is 32.2. The fourth-order valence-corrected chi connectivity index (χ4v) is 9.28. The molecule has 0 atom stereocenters. The van der Waals surface area contributed by atoms with E-state index in [-0.39, 0.29) is 0 Å². The zero-order chi connectivity index (χ0) is 36.4. The van der Waals surface area contributed by atoms with E-state index in [1.807, 2.05) is 64.1 Å². The van der Waals surface area contributed by atoms with Crippen LogP contribution >= 0.6 is 0 Å². The Morgan fingerprint density at radius 3 is 0.740 bits per heavy atom. The molecule has 0 aliphatic rings. The lowest BCUT2D eigenvalue weighted by Gasteiger charge is -2.09. The van der Waals surface area contributed by atoms with E-state index in [2.05, 4.69) is 64.1 Å². The predicted octanol–water partition coefficient (Wildman–Crippen LogP) is 10.8. The van der Waals surface area contributed by atoms with E-state index in [9.17, 15) is 16.8 Å². The fraction of sp³-hybridized carbons (Fsp3) is 0.182. The Hall–Kier alpha value is -4.78. The van der Waals surface area contributed by atoms with Gasteiger partial charge in [0.05, 0.1) is 19.6 Å². The standard InChI is InChI=1S/C28H26O2S.C16H18O2S/c1-19-13-20(2)16-25(15-19)23-5-9-27(10-6-23)31(29,30)28-11-7-24(8-12-28)26-17-21(3)14-22(4)18-26;1-11-5-12(2)8-15(7-11)19(17,18)16-9-13(3)6-14(4)10-16/h5-18H,1-4H3;5-10H,1-4H3. The van der Waals surface area contributed by atoms with E-state index in [4.69, 9.17) is 0 Å². The van der Waals surface area contributed by atoms with Gasteiger partial charge in [-0.3, -0.25) is 0 Å². The van der Waals surface area contributed by atoms with Crippen LogP contribution in [0.1, 0.15) is 44.5 Å². The van der Waals surface area contributed by atoms with Crippen LogP contribution in [0.5, 0.6) is 0 Å². The predicted molar refractivity (Wildman–Crippen MR) is 205 cm³/mol. The van der Waals surface area contributed by atoms with Gasteiger partial charge < -0.3 is 0 Å². The first-order valence-corrected chi connectivity index (χ1v) is 19.5. The molecule has 0 N–H and O–H groups in total. The van der Waals surface area contributed by atoms with Gasteiger partial charge in [0.15, 0.2) is 0 Å². The third-order valence-electron chi connectivity index (χ3n) is 8.45. The molecular weight excluding hydrogens is 657 g/mol. The van der Waals surface area contributed by atoms with Crippen LogP contribution in [-0.2, 0) is 19.7 Å². The molecule has 6 rings (SSSR count). The summed E-state index contributed by atoms with van der Waals surface area (Å²) in [5.41, 5.74) is 12.8. The van der Waals surface area contributed by atoms with Crippen molar-refractivity contribution in [2.45, 2.75) is 75.0 Å². The molecule has 0 amide bonds. The van der Waals surface area contributed by atoms with Crippen molar-refractivity contribution in [3.63, 3.8) is 0 Å². The molecule has 0 heterocycles. The summed E-state index contributed by atoms with van der Waals surface area (Å²) in [6.45, 7) is 15.9. The van der Waals surface area contributed by atoms with Gasteiger partial charge in [-0.05, 0) is 148 Å². The minimum absolute atomic E-state index is 0.305. The second-order valence-electron chi connectivity index (χ2n) is 13.5. The number of benzene rings is 6. The third kappa shape index (κ3) is 8.50. The highest BCUT2D eigenvalue weighted by Crippen LogP contribution is 2.29. The van der Waals surface area contributed by atoms with Crippen LogP contribution in [0.3, 0.4) is 0 Å². The fourth-order valence-electron chi connectivity index (χ4n) is 6.38. The minimum atomic E-state index is -3.57. The van der Waals surface area contributed by atoms with Crippen LogP contribution in [-0.4, -0.2) is 16.8 Å². The average Bonchev–Trinajstić information content (AvgIpc) is 3.03. The number of rotatable bonds is 6. The van der Waals surface area contributed by atoms with E-state index < -0.39 is 19.7 Å². The van der Waals surface area contributed by atoms with Crippen molar-refractivity contribution in [3.8, 4) is 22.3 Å². The molecule has 0 saturated heterocycles. The molecular formula is C44H44O4S2. The van der Waals surface area contributed by atoms with Gasteiger partial charge >= 0.3 is 0 Å². The zero-order valence-electron chi connectivity index (χ0n) is 30.0. The Morgan fingerprint density at radius 1 is 0.260 bits per heavy atom. The summed E-state index contributed by atoms with van der Waals surface area (Å²) in [4.78, 5) is 1.35. The minimum Gasteiger partial charge on any atom is -0.219 e. The molecule has 0 aliphatic carbocycles. The van der Waals surface area contributed by atoms with Gasteiger partial charge in [0.2, 0.25) is 19.7 Å². The Bertz CT molecular complexity index is 2170. The molecule has 0 aromatic heterocycles. The molecule has 0 aliphatic heterocycles. The van der Waals surface area contributed by atoms with Crippen molar-refractivity contribution in [1.29, 1.82) is 0 Å². The normalized spacial score (nSPS) is 11.5. The summed E-state index contributed by atoms with van der Waals surface area (Å²) < 4.78 is 51.6. The monoisotopic (exact) mass is 700 g/mol. The van der Waals surface area contributed by atoms with Crippen LogP contribution < -0.4 is 0 Å². The van der Waals surface area contributed by atoms with E-state index in [1.165, 1.54) is 22.3 Å². The Kier molecular flexibility index (Phi) is 10.7. The van der Waals surface area contributed by atoms with Gasteiger partial charge in [-0.15, -0.1) is 0 Å². The maximum atomic E-state index is 13.1. The first-order chi connectivity index (χ1) is 23.5. The van der Waals surface area contributed by atoms with Crippen molar-refractivity contribution >= 4 is 19.7 Å². The highest BCUT2D eigenvalue weighted by molar-refractivity contribution is 7.91. The Balaban J connectivity index is 0.000000219. The molecule has 6 aromatic carbocycles. The molecule has 0 fully saturated rings. The molecule has 6 aromatic rings.